The molecule has 2 aromatic carbocycles. The van der Waals surface area contributed by atoms with Gasteiger partial charge in [-0.15, -0.1) is 5.10 Å². The van der Waals surface area contributed by atoms with Crippen molar-refractivity contribution in [1.29, 1.82) is 0 Å². The number of benzene rings is 2. The number of nitrogens with zero attached hydrogens (tertiary/aromatic N) is 5. The van der Waals surface area contributed by atoms with Crippen LogP contribution in [-0.4, -0.2) is 56.7 Å². The topological polar surface area (TPSA) is 102 Å². The number of hydrogen-bond acceptors (Lipinski definition) is 6. The van der Waals surface area contributed by atoms with E-state index < -0.39 is 0 Å². The third-order valence-electron chi connectivity index (χ3n) is 4.87. The number of nitrogens with two attached hydrogens (primary N) is 1. The van der Waals surface area contributed by atoms with E-state index in [1.54, 1.807) is 18.2 Å². The van der Waals surface area contributed by atoms with E-state index in [2.05, 4.69) is 37.9 Å². The van der Waals surface area contributed by atoms with Gasteiger partial charge in [-0.1, -0.05) is 41.9 Å². The number of aromatic nitrogens is 4. The van der Waals surface area contributed by atoms with Crippen molar-refractivity contribution in [2.75, 3.05) is 25.0 Å². The normalized spacial score (nSPS) is 19.6. The first-order chi connectivity index (χ1) is 13.6. The molecule has 9 heteroatoms. The van der Waals surface area contributed by atoms with Crippen LogP contribution in [0, 0.1) is 0 Å². The lowest BCUT2D eigenvalue weighted by molar-refractivity contribution is -0.117. The number of rotatable bonds is 5. The molecular formula is C19H20ClN7O. The zero-order chi connectivity index (χ0) is 19.5. The lowest BCUT2D eigenvalue weighted by atomic mass is 9.95. The van der Waals surface area contributed by atoms with Crippen LogP contribution in [0.4, 0.5) is 5.69 Å². The lowest BCUT2D eigenvalue weighted by Crippen LogP contribution is -2.33. The van der Waals surface area contributed by atoms with Gasteiger partial charge in [-0.25, -0.2) is 4.68 Å². The molecule has 0 radical (unpaired) electrons. The van der Waals surface area contributed by atoms with Crippen molar-refractivity contribution in [2.45, 2.75) is 12.0 Å². The van der Waals surface area contributed by atoms with Crippen molar-refractivity contribution >= 4 is 23.2 Å². The fraction of sp³-hybridized carbons (Fsp3) is 0.263. The van der Waals surface area contributed by atoms with Gasteiger partial charge in [0.15, 0.2) is 0 Å². The number of nitrogens with one attached hydrogen (secondary N) is 1. The fourth-order valence-electron chi connectivity index (χ4n) is 3.52. The SMILES string of the molecule is N[C@@H]1CN(CC(=O)Nc2cc(-n3cnnn3)ccc2Cl)C[C@H]1c1ccccc1. The molecule has 2 heterocycles. The average molecular weight is 398 g/mol. The van der Waals surface area contributed by atoms with Crippen molar-refractivity contribution in [2.24, 2.45) is 5.73 Å². The van der Waals surface area contributed by atoms with Crippen LogP contribution in [0.15, 0.2) is 54.9 Å². The molecule has 2 atom stereocenters. The highest BCUT2D eigenvalue weighted by Gasteiger charge is 2.32. The predicted molar refractivity (Wildman–Crippen MR) is 106 cm³/mol. The second-order valence-corrected chi connectivity index (χ2v) is 7.25. The first-order valence-corrected chi connectivity index (χ1v) is 9.33. The number of carbonyl (C=O) groups is 1. The minimum atomic E-state index is -0.142. The molecule has 144 valence electrons. The summed E-state index contributed by atoms with van der Waals surface area (Å²) in [6.45, 7) is 1.67. The van der Waals surface area contributed by atoms with E-state index >= 15 is 0 Å². The minimum absolute atomic E-state index is 0.00179. The quantitative estimate of drug-likeness (QED) is 0.679. The fourth-order valence-corrected chi connectivity index (χ4v) is 3.68. The smallest absolute Gasteiger partial charge is 0.238 e. The molecule has 1 aliphatic rings. The second kappa shape index (κ2) is 8.05. The van der Waals surface area contributed by atoms with Crippen LogP contribution in [0.3, 0.4) is 0 Å². The standard InChI is InChI=1S/C19H20ClN7O/c20-16-7-6-14(27-12-22-24-25-27)8-18(16)23-19(28)11-26-9-15(17(21)10-26)13-4-2-1-3-5-13/h1-8,12,15,17H,9-11,21H2,(H,23,28)/t15-,17+/m0/s1. The molecule has 0 aliphatic carbocycles. The zero-order valence-electron chi connectivity index (χ0n) is 15.1. The Morgan fingerprint density at radius 2 is 2.04 bits per heavy atom. The van der Waals surface area contributed by atoms with Crippen molar-refractivity contribution in [3.8, 4) is 5.69 Å². The molecular weight excluding hydrogens is 378 g/mol. The summed E-state index contributed by atoms with van der Waals surface area (Å²) in [6.07, 6.45) is 1.48. The number of tetrazole rings is 1. The van der Waals surface area contributed by atoms with Gasteiger partial charge >= 0.3 is 0 Å². The largest absolute Gasteiger partial charge is 0.326 e. The van der Waals surface area contributed by atoms with Crippen LogP contribution in [0.2, 0.25) is 5.02 Å². The van der Waals surface area contributed by atoms with Crippen molar-refractivity contribution < 1.29 is 4.79 Å². The Balaban J connectivity index is 1.41. The van der Waals surface area contributed by atoms with Gasteiger partial charge in [-0.2, -0.15) is 0 Å². The second-order valence-electron chi connectivity index (χ2n) is 6.84. The first-order valence-electron chi connectivity index (χ1n) is 8.96. The minimum Gasteiger partial charge on any atom is -0.326 e. The predicted octanol–water partition coefficient (Wildman–Crippen LogP) is 1.68. The Labute approximate surface area is 167 Å². The van der Waals surface area contributed by atoms with Crippen LogP contribution < -0.4 is 11.1 Å². The number of halogens is 1. The van der Waals surface area contributed by atoms with E-state index in [9.17, 15) is 4.79 Å². The number of anilines is 1. The Morgan fingerprint density at radius 3 is 2.79 bits per heavy atom. The van der Waals surface area contributed by atoms with Crippen LogP contribution >= 0.6 is 11.6 Å². The molecule has 0 spiro atoms. The van der Waals surface area contributed by atoms with Crippen molar-refractivity contribution in [3.63, 3.8) is 0 Å². The Hall–Kier alpha value is -2.81. The van der Waals surface area contributed by atoms with Crippen molar-refractivity contribution in [1.82, 2.24) is 25.1 Å². The van der Waals surface area contributed by atoms with Gasteiger partial charge in [0.05, 0.1) is 22.9 Å². The third-order valence-corrected chi connectivity index (χ3v) is 5.20. The molecule has 0 saturated carbocycles. The third kappa shape index (κ3) is 4.04. The van der Waals surface area contributed by atoms with Crippen LogP contribution in [0.5, 0.6) is 0 Å². The van der Waals surface area contributed by atoms with Gasteiger partial charge in [0.1, 0.15) is 6.33 Å². The highest BCUT2D eigenvalue weighted by atomic mass is 35.5. The lowest BCUT2D eigenvalue weighted by Gasteiger charge is -2.16. The maximum Gasteiger partial charge on any atom is 0.238 e. The summed E-state index contributed by atoms with van der Waals surface area (Å²) in [5, 5.41) is 14.4. The molecule has 1 fully saturated rings. The maximum atomic E-state index is 12.6. The van der Waals surface area contributed by atoms with E-state index in [0.717, 1.165) is 6.54 Å². The number of carbonyl (C=O) groups excluding carboxylic acids is 1. The number of likely N-dealkylation sites (tertiary alicyclic amines) is 1. The van der Waals surface area contributed by atoms with E-state index in [4.69, 9.17) is 17.3 Å². The molecule has 1 saturated heterocycles. The summed E-state index contributed by atoms with van der Waals surface area (Å²) in [4.78, 5) is 14.6. The van der Waals surface area contributed by atoms with E-state index in [-0.39, 0.29) is 24.4 Å². The summed E-state index contributed by atoms with van der Waals surface area (Å²) in [5.74, 6) is 0.0809. The van der Waals surface area contributed by atoms with Gasteiger partial charge in [-0.05, 0) is 34.2 Å². The summed E-state index contributed by atoms with van der Waals surface area (Å²) in [7, 11) is 0. The number of amides is 1. The van der Waals surface area contributed by atoms with Gasteiger partial charge in [0, 0.05) is 25.0 Å². The van der Waals surface area contributed by atoms with Crippen LogP contribution in [-0.2, 0) is 4.79 Å². The van der Waals surface area contributed by atoms with Crippen molar-refractivity contribution in [3.05, 3.63) is 65.4 Å². The molecule has 0 unspecified atom stereocenters. The highest BCUT2D eigenvalue weighted by molar-refractivity contribution is 6.33. The molecule has 28 heavy (non-hydrogen) atoms. The molecule has 1 aliphatic heterocycles. The first kappa shape index (κ1) is 18.5. The monoisotopic (exact) mass is 397 g/mol. The van der Waals surface area contributed by atoms with Gasteiger partial charge in [0.2, 0.25) is 5.91 Å². The molecule has 4 rings (SSSR count). The van der Waals surface area contributed by atoms with Gasteiger partial charge in [-0.3, -0.25) is 9.69 Å². The Kier molecular flexibility index (Phi) is 5.34. The average Bonchev–Trinajstić information content (AvgIpc) is 3.34. The summed E-state index contributed by atoms with van der Waals surface area (Å²) in [5.41, 5.74) is 8.74. The highest BCUT2D eigenvalue weighted by Crippen LogP contribution is 2.27. The van der Waals surface area contributed by atoms with Crippen LogP contribution in [0.1, 0.15) is 11.5 Å². The van der Waals surface area contributed by atoms with Crippen LogP contribution in [0.25, 0.3) is 5.69 Å². The van der Waals surface area contributed by atoms with E-state index in [1.165, 1.54) is 16.6 Å². The Morgan fingerprint density at radius 1 is 1.21 bits per heavy atom. The molecule has 3 aromatic rings. The van der Waals surface area contributed by atoms with E-state index in [0.29, 0.717) is 22.9 Å². The molecule has 0 bridgehead atoms. The molecule has 3 N–H and O–H groups in total. The Bertz CT molecular complexity index is 948. The summed E-state index contributed by atoms with van der Waals surface area (Å²) >= 11 is 6.24. The summed E-state index contributed by atoms with van der Waals surface area (Å²) < 4.78 is 1.50. The van der Waals surface area contributed by atoms with Gasteiger partial charge < -0.3 is 11.1 Å². The molecule has 1 amide bonds. The van der Waals surface area contributed by atoms with Gasteiger partial charge in [0.25, 0.3) is 0 Å². The summed E-state index contributed by atoms with van der Waals surface area (Å²) in [6, 6.07) is 15.4. The molecule has 1 aromatic heterocycles. The van der Waals surface area contributed by atoms with E-state index in [1.807, 2.05) is 18.2 Å². The maximum absolute atomic E-state index is 12.6. The molecule has 8 nitrogen and oxygen atoms in total. The number of hydrogen-bond donors (Lipinski definition) is 2. The zero-order valence-corrected chi connectivity index (χ0v) is 15.8.